The van der Waals surface area contributed by atoms with Crippen molar-refractivity contribution >= 4 is 17.6 Å². The van der Waals surface area contributed by atoms with Crippen molar-refractivity contribution in [2.45, 2.75) is 13.3 Å². The van der Waals surface area contributed by atoms with Gasteiger partial charge in [-0.25, -0.2) is 4.79 Å². The Morgan fingerprint density at radius 3 is 2.67 bits per heavy atom. The molecule has 6 nitrogen and oxygen atoms in total. The number of nitrogens with one attached hydrogen (secondary N) is 1. The lowest BCUT2D eigenvalue weighted by atomic mass is 10.1. The molecule has 0 aromatic heterocycles. The summed E-state index contributed by atoms with van der Waals surface area (Å²) in [5, 5.41) is 11.6. The second-order valence-corrected chi connectivity index (χ2v) is 4.89. The SMILES string of the molecule is CC/C=C(/C=C(/C(=O)NC)N(C)c1cccc(C#N)c1)C(=O)OC. The van der Waals surface area contributed by atoms with Crippen LogP contribution >= 0.6 is 0 Å². The van der Waals surface area contributed by atoms with Gasteiger partial charge < -0.3 is 15.0 Å². The number of anilines is 1. The highest BCUT2D eigenvalue weighted by Crippen LogP contribution is 2.20. The van der Waals surface area contributed by atoms with Gasteiger partial charge >= 0.3 is 5.97 Å². The third kappa shape index (κ3) is 4.71. The lowest BCUT2D eigenvalue weighted by molar-refractivity contribution is -0.135. The molecule has 0 aliphatic rings. The van der Waals surface area contributed by atoms with Crippen LogP contribution in [0.1, 0.15) is 18.9 Å². The van der Waals surface area contributed by atoms with E-state index in [2.05, 4.69) is 11.4 Å². The zero-order valence-electron chi connectivity index (χ0n) is 14.3. The Bertz CT molecular complexity index is 714. The smallest absolute Gasteiger partial charge is 0.337 e. The summed E-state index contributed by atoms with van der Waals surface area (Å²) in [7, 11) is 4.49. The molecule has 1 aromatic rings. The van der Waals surface area contributed by atoms with Crippen LogP contribution in [0.3, 0.4) is 0 Å². The monoisotopic (exact) mass is 327 g/mol. The number of nitriles is 1. The summed E-state index contributed by atoms with van der Waals surface area (Å²) >= 11 is 0. The molecule has 1 N–H and O–H groups in total. The normalized spacial score (nSPS) is 11.5. The van der Waals surface area contributed by atoms with E-state index >= 15 is 0 Å². The number of carbonyl (C=O) groups is 2. The lowest BCUT2D eigenvalue weighted by Crippen LogP contribution is -2.31. The Morgan fingerprint density at radius 2 is 2.12 bits per heavy atom. The maximum absolute atomic E-state index is 12.3. The van der Waals surface area contributed by atoms with E-state index in [4.69, 9.17) is 10.00 Å². The topological polar surface area (TPSA) is 82.4 Å². The van der Waals surface area contributed by atoms with Gasteiger partial charge in [0.15, 0.2) is 0 Å². The van der Waals surface area contributed by atoms with Crippen LogP contribution in [0.2, 0.25) is 0 Å². The van der Waals surface area contributed by atoms with Crippen molar-refractivity contribution in [1.29, 1.82) is 5.26 Å². The van der Waals surface area contributed by atoms with Gasteiger partial charge in [-0.1, -0.05) is 19.1 Å². The predicted octanol–water partition coefficient (Wildman–Crippen LogP) is 2.13. The fourth-order valence-corrected chi connectivity index (χ4v) is 2.05. The van der Waals surface area contributed by atoms with Gasteiger partial charge in [-0.2, -0.15) is 5.26 Å². The molecule has 0 radical (unpaired) electrons. The molecule has 0 bridgehead atoms. The number of allylic oxidation sites excluding steroid dienone is 1. The van der Waals surface area contributed by atoms with Gasteiger partial charge in [-0.3, -0.25) is 4.79 Å². The van der Waals surface area contributed by atoms with Crippen molar-refractivity contribution in [2.24, 2.45) is 0 Å². The lowest BCUT2D eigenvalue weighted by Gasteiger charge is -2.22. The van der Waals surface area contributed by atoms with E-state index in [1.165, 1.54) is 20.2 Å². The standard InChI is InChI=1S/C18H21N3O3/c1-5-7-14(18(23)24-4)11-16(17(22)20-2)21(3)15-9-6-8-13(10-15)12-19/h6-11H,5H2,1-4H3,(H,20,22)/b14-7-,16-11-. The minimum Gasteiger partial charge on any atom is -0.465 e. The maximum Gasteiger partial charge on any atom is 0.337 e. The first-order valence-electron chi connectivity index (χ1n) is 7.44. The van der Waals surface area contributed by atoms with Gasteiger partial charge in [-0.15, -0.1) is 0 Å². The van der Waals surface area contributed by atoms with E-state index in [1.807, 2.05) is 6.92 Å². The summed E-state index contributed by atoms with van der Waals surface area (Å²) in [5.74, 6) is -0.872. The number of hydrogen-bond donors (Lipinski definition) is 1. The molecular weight excluding hydrogens is 306 g/mol. The van der Waals surface area contributed by atoms with Crippen LogP contribution in [0.5, 0.6) is 0 Å². The van der Waals surface area contributed by atoms with Crippen molar-refractivity contribution in [2.75, 3.05) is 26.1 Å². The molecule has 0 aliphatic carbocycles. The summed E-state index contributed by atoms with van der Waals surface area (Å²) in [4.78, 5) is 25.8. The second-order valence-electron chi connectivity index (χ2n) is 4.89. The molecule has 24 heavy (non-hydrogen) atoms. The zero-order chi connectivity index (χ0) is 18.1. The summed E-state index contributed by atoms with van der Waals surface area (Å²) in [6.07, 6.45) is 3.79. The molecule has 6 heteroatoms. The largest absolute Gasteiger partial charge is 0.465 e. The van der Waals surface area contributed by atoms with Crippen molar-refractivity contribution in [1.82, 2.24) is 5.32 Å². The summed E-state index contributed by atoms with van der Waals surface area (Å²) < 4.78 is 4.76. The van der Waals surface area contributed by atoms with E-state index in [9.17, 15) is 9.59 Å². The number of ether oxygens (including phenoxy) is 1. The van der Waals surface area contributed by atoms with Crippen LogP contribution in [0.4, 0.5) is 5.69 Å². The van der Waals surface area contributed by atoms with Crippen molar-refractivity contribution in [3.8, 4) is 6.07 Å². The number of methoxy groups -OCH3 is 1. The van der Waals surface area contributed by atoms with Gasteiger partial charge in [0.2, 0.25) is 0 Å². The number of nitrogens with zero attached hydrogens (tertiary/aromatic N) is 2. The van der Waals surface area contributed by atoms with Crippen LogP contribution in [0.15, 0.2) is 47.7 Å². The van der Waals surface area contributed by atoms with Gasteiger partial charge in [0, 0.05) is 19.8 Å². The molecule has 126 valence electrons. The van der Waals surface area contributed by atoms with E-state index in [-0.39, 0.29) is 11.6 Å². The highest BCUT2D eigenvalue weighted by atomic mass is 16.5. The van der Waals surface area contributed by atoms with Crippen LogP contribution in [0, 0.1) is 11.3 Å². The van der Waals surface area contributed by atoms with Gasteiger partial charge in [-0.05, 0) is 30.7 Å². The number of esters is 1. The number of carbonyl (C=O) groups excluding carboxylic acids is 2. The number of likely N-dealkylation sites (N-methyl/N-ethyl adjacent to an activating group) is 2. The molecule has 1 rings (SSSR count). The highest BCUT2D eigenvalue weighted by Gasteiger charge is 2.18. The number of amides is 1. The van der Waals surface area contributed by atoms with Crippen LogP contribution in [-0.4, -0.2) is 33.1 Å². The molecular formula is C18H21N3O3. The van der Waals surface area contributed by atoms with E-state index in [0.29, 0.717) is 23.2 Å². The molecule has 0 unspecified atom stereocenters. The zero-order valence-corrected chi connectivity index (χ0v) is 14.3. The van der Waals surface area contributed by atoms with Crippen molar-refractivity contribution in [3.63, 3.8) is 0 Å². The average molecular weight is 327 g/mol. The molecule has 0 aliphatic heterocycles. The first kappa shape index (κ1) is 19.0. The van der Waals surface area contributed by atoms with E-state index < -0.39 is 5.97 Å². The molecule has 0 spiro atoms. The van der Waals surface area contributed by atoms with Crippen molar-refractivity contribution in [3.05, 3.63) is 53.3 Å². The number of rotatable bonds is 6. The van der Waals surface area contributed by atoms with Crippen LogP contribution in [-0.2, 0) is 14.3 Å². The maximum atomic E-state index is 12.3. The molecule has 0 saturated carbocycles. The molecule has 0 saturated heterocycles. The Kier molecular flexibility index (Phi) is 7.24. The molecule has 0 heterocycles. The Morgan fingerprint density at radius 1 is 1.42 bits per heavy atom. The highest BCUT2D eigenvalue weighted by molar-refractivity contribution is 6.00. The van der Waals surface area contributed by atoms with E-state index in [1.54, 1.807) is 42.3 Å². The third-order valence-electron chi connectivity index (χ3n) is 3.32. The van der Waals surface area contributed by atoms with E-state index in [0.717, 1.165) is 0 Å². The first-order chi connectivity index (χ1) is 11.5. The second kappa shape index (κ2) is 9.16. The molecule has 1 aromatic carbocycles. The molecule has 0 fully saturated rings. The summed E-state index contributed by atoms with van der Waals surface area (Å²) in [5.41, 5.74) is 1.69. The van der Waals surface area contributed by atoms with Crippen LogP contribution < -0.4 is 10.2 Å². The fourth-order valence-electron chi connectivity index (χ4n) is 2.05. The third-order valence-corrected chi connectivity index (χ3v) is 3.32. The summed E-state index contributed by atoms with van der Waals surface area (Å²) in [6, 6.07) is 8.91. The van der Waals surface area contributed by atoms with Gasteiger partial charge in [0.05, 0.1) is 24.3 Å². The van der Waals surface area contributed by atoms with Crippen molar-refractivity contribution < 1.29 is 14.3 Å². The Labute approximate surface area is 142 Å². The minimum absolute atomic E-state index is 0.262. The molecule has 1 amide bonds. The Hall–Kier alpha value is -3.07. The number of benzene rings is 1. The summed E-state index contributed by atoms with van der Waals surface area (Å²) in [6.45, 7) is 1.89. The van der Waals surface area contributed by atoms with Gasteiger partial charge in [0.25, 0.3) is 5.91 Å². The minimum atomic E-state index is -0.516. The molecule has 0 atom stereocenters. The number of hydrogen-bond acceptors (Lipinski definition) is 5. The first-order valence-corrected chi connectivity index (χ1v) is 7.44. The quantitative estimate of drug-likeness (QED) is 0.492. The Balaban J connectivity index is 3.37. The predicted molar refractivity (Wildman–Crippen MR) is 92.1 cm³/mol. The average Bonchev–Trinajstić information content (AvgIpc) is 2.63. The van der Waals surface area contributed by atoms with Gasteiger partial charge in [0.1, 0.15) is 5.70 Å². The fraction of sp³-hybridized carbons (Fsp3) is 0.278. The van der Waals surface area contributed by atoms with Crippen LogP contribution in [0.25, 0.3) is 0 Å².